The van der Waals surface area contributed by atoms with Crippen molar-refractivity contribution in [3.05, 3.63) is 101 Å². The van der Waals surface area contributed by atoms with Crippen LogP contribution in [0.5, 0.6) is 0 Å². The van der Waals surface area contributed by atoms with E-state index in [1.54, 1.807) is 25.3 Å². The van der Waals surface area contributed by atoms with E-state index in [1.807, 2.05) is 0 Å². The quantitative estimate of drug-likeness (QED) is 0.257. The Morgan fingerprint density at radius 1 is 1.13 bits per heavy atom. The number of anilines is 1. The average Bonchev–Trinajstić information content (AvgIpc) is 3.54. The number of halogens is 4. The summed E-state index contributed by atoms with van der Waals surface area (Å²) < 4.78 is 59.7. The molecular weight excluding hydrogens is 573 g/mol. The van der Waals surface area contributed by atoms with Crippen LogP contribution in [0.1, 0.15) is 18.5 Å². The van der Waals surface area contributed by atoms with Gasteiger partial charge in [0.15, 0.2) is 0 Å². The summed E-state index contributed by atoms with van der Waals surface area (Å²) in [7, 11) is -4.06. The van der Waals surface area contributed by atoms with Gasteiger partial charge < -0.3 is 5.11 Å². The van der Waals surface area contributed by atoms with Gasteiger partial charge in [-0.15, -0.1) is 0 Å². The Balaban J connectivity index is 1.51. The Bertz CT molecular complexity index is 1780. The normalized spacial score (nSPS) is 14.3. The molecule has 0 aliphatic heterocycles. The molecule has 3 aromatic carbocycles. The van der Waals surface area contributed by atoms with E-state index < -0.39 is 33.3 Å². The number of fused-ring (bicyclic) bond motifs is 1. The van der Waals surface area contributed by atoms with Crippen LogP contribution < -0.4 is 4.72 Å². The molecule has 39 heavy (non-hydrogen) atoms. The lowest BCUT2D eigenvalue weighted by Crippen LogP contribution is -2.40. The van der Waals surface area contributed by atoms with Crippen LogP contribution in [-0.4, -0.2) is 38.1 Å². The number of nitrogens with zero attached hydrogens (tertiary/aromatic N) is 5. The Hall–Kier alpha value is -3.58. The van der Waals surface area contributed by atoms with Gasteiger partial charge in [0.1, 0.15) is 34.8 Å². The van der Waals surface area contributed by atoms with E-state index in [2.05, 4.69) is 19.9 Å². The zero-order chi connectivity index (χ0) is 27.9. The molecule has 2 heterocycles. The van der Waals surface area contributed by atoms with Crippen molar-refractivity contribution in [2.24, 2.45) is 0 Å². The van der Waals surface area contributed by atoms with Crippen molar-refractivity contribution in [3.63, 3.8) is 0 Å². The largest absolute Gasteiger partial charge is 0.381 e. The second-order valence-electron chi connectivity index (χ2n) is 8.86. The third-order valence-corrected chi connectivity index (χ3v) is 8.69. The van der Waals surface area contributed by atoms with Gasteiger partial charge >= 0.3 is 0 Å². The van der Waals surface area contributed by atoms with Crippen molar-refractivity contribution in [3.8, 4) is 0 Å². The third-order valence-electron chi connectivity index (χ3n) is 6.34. The van der Waals surface area contributed by atoms with Gasteiger partial charge in [0.25, 0.3) is 10.0 Å². The maximum absolute atomic E-state index is 14.9. The second kappa shape index (κ2) is 10.2. The Morgan fingerprint density at radius 2 is 1.92 bits per heavy atom. The highest BCUT2D eigenvalue weighted by molar-refractivity contribution is 7.92. The minimum Gasteiger partial charge on any atom is -0.381 e. The van der Waals surface area contributed by atoms with Crippen molar-refractivity contribution in [2.75, 3.05) is 4.72 Å². The minimum atomic E-state index is -4.06. The standard InChI is InChI=1S/C25H20Cl2F2N6O3S/c1-15(25(36,12-34-14-30-13-31-34)19-7-5-17(28)10-21(19)29)35-11-16-9-18(6-8-22(16)32-35)33-39(37,38)23-4-2-3-20(26)24(23)27/h2-11,13-15,33,36H,12H2,1H3/t15-,25-/m1/s1. The van der Waals surface area contributed by atoms with Crippen LogP contribution in [0.2, 0.25) is 10.0 Å². The molecule has 0 fully saturated rings. The summed E-state index contributed by atoms with van der Waals surface area (Å²) in [4.78, 5) is 3.69. The average molecular weight is 593 g/mol. The van der Waals surface area contributed by atoms with E-state index in [4.69, 9.17) is 23.2 Å². The molecule has 0 aliphatic rings. The van der Waals surface area contributed by atoms with Gasteiger partial charge in [-0.2, -0.15) is 10.2 Å². The molecule has 0 saturated carbocycles. The van der Waals surface area contributed by atoms with Crippen LogP contribution in [0.25, 0.3) is 10.9 Å². The number of rotatable bonds is 8. The Labute approximate surface area is 231 Å². The molecule has 0 unspecified atom stereocenters. The molecule has 0 aliphatic carbocycles. The fourth-order valence-electron chi connectivity index (χ4n) is 4.27. The molecule has 5 rings (SSSR count). The summed E-state index contributed by atoms with van der Waals surface area (Å²) in [5.41, 5.74) is -1.37. The number of aromatic nitrogens is 5. The first-order valence-electron chi connectivity index (χ1n) is 11.4. The van der Waals surface area contributed by atoms with Crippen LogP contribution >= 0.6 is 23.2 Å². The highest BCUT2D eigenvalue weighted by Gasteiger charge is 2.41. The molecule has 9 nitrogen and oxygen atoms in total. The zero-order valence-electron chi connectivity index (χ0n) is 20.1. The fourth-order valence-corrected chi connectivity index (χ4v) is 6.08. The summed E-state index contributed by atoms with van der Waals surface area (Å²) in [6.07, 6.45) is 4.22. The molecule has 0 spiro atoms. The fraction of sp³-hybridized carbons (Fsp3) is 0.160. The van der Waals surface area contributed by atoms with Gasteiger partial charge in [0.2, 0.25) is 0 Å². The lowest BCUT2D eigenvalue weighted by Gasteiger charge is -2.34. The molecule has 2 atom stereocenters. The number of benzene rings is 3. The number of hydrogen-bond donors (Lipinski definition) is 2. The van der Waals surface area contributed by atoms with Crippen molar-refractivity contribution in [1.29, 1.82) is 0 Å². The third kappa shape index (κ3) is 5.20. The van der Waals surface area contributed by atoms with Crippen LogP contribution in [0, 0.1) is 11.6 Å². The molecule has 0 radical (unpaired) electrons. The number of nitrogens with one attached hydrogen (secondary N) is 1. The summed E-state index contributed by atoms with van der Waals surface area (Å²) in [5.74, 6) is -1.72. The summed E-state index contributed by atoms with van der Waals surface area (Å²) in [6, 6.07) is 11.0. The van der Waals surface area contributed by atoms with Gasteiger partial charge in [0.05, 0.1) is 28.1 Å². The predicted molar refractivity (Wildman–Crippen MR) is 142 cm³/mol. The highest BCUT2D eigenvalue weighted by atomic mass is 35.5. The van der Waals surface area contributed by atoms with Crippen molar-refractivity contribution in [2.45, 2.75) is 30.0 Å². The monoisotopic (exact) mass is 592 g/mol. The van der Waals surface area contributed by atoms with Gasteiger partial charge in [0, 0.05) is 28.9 Å². The molecule has 14 heteroatoms. The zero-order valence-corrected chi connectivity index (χ0v) is 22.5. The summed E-state index contributed by atoms with van der Waals surface area (Å²) >= 11 is 12.1. The van der Waals surface area contributed by atoms with Gasteiger partial charge in [-0.25, -0.2) is 26.9 Å². The lowest BCUT2D eigenvalue weighted by atomic mass is 9.86. The van der Waals surface area contributed by atoms with E-state index in [-0.39, 0.29) is 32.7 Å². The van der Waals surface area contributed by atoms with Crippen LogP contribution in [0.4, 0.5) is 14.5 Å². The van der Waals surface area contributed by atoms with Crippen molar-refractivity contribution < 1.29 is 22.3 Å². The van der Waals surface area contributed by atoms with Crippen LogP contribution in [0.3, 0.4) is 0 Å². The molecule has 0 saturated heterocycles. The first-order valence-corrected chi connectivity index (χ1v) is 13.7. The van der Waals surface area contributed by atoms with Gasteiger partial charge in [-0.1, -0.05) is 35.3 Å². The predicted octanol–water partition coefficient (Wildman–Crippen LogP) is 5.16. The number of aliphatic hydroxyl groups is 1. The Kier molecular flexibility index (Phi) is 7.06. The van der Waals surface area contributed by atoms with E-state index in [1.165, 1.54) is 52.4 Å². The number of sulfonamides is 1. The molecule has 2 N–H and O–H groups in total. The second-order valence-corrected chi connectivity index (χ2v) is 11.3. The van der Waals surface area contributed by atoms with E-state index in [9.17, 15) is 22.3 Å². The molecule has 2 aromatic heterocycles. The van der Waals surface area contributed by atoms with Crippen LogP contribution in [-0.2, 0) is 22.2 Å². The summed E-state index contributed by atoms with van der Waals surface area (Å²) in [6.45, 7) is 1.41. The van der Waals surface area contributed by atoms with E-state index >= 15 is 0 Å². The molecule has 5 aromatic rings. The number of hydrogen-bond acceptors (Lipinski definition) is 6. The lowest BCUT2D eigenvalue weighted by molar-refractivity contribution is -0.0366. The maximum Gasteiger partial charge on any atom is 0.263 e. The minimum absolute atomic E-state index is 0.0984. The first-order chi connectivity index (χ1) is 18.5. The first kappa shape index (κ1) is 27.0. The van der Waals surface area contributed by atoms with E-state index in [0.717, 1.165) is 6.07 Å². The topological polar surface area (TPSA) is 115 Å². The summed E-state index contributed by atoms with van der Waals surface area (Å²) in [5, 5.41) is 20.9. The maximum atomic E-state index is 14.9. The van der Waals surface area contributed by atoms with Gasteiger partial charge in [-0.05, 0) is 43.3 Å². The van der Waals surface area contributed by atoms with Crippen molar-refractivity contribution >= 4 is 49.8 Å². The Morgan fingerprint density at radius 3 is 2.64 bits per heavy atom. The highest BCUT2D eigenvalue weighted by Crippen LogP contribution is 2.37. The molecule has 202 valence electrons. The molecular formula is C25H20Cl2F2N6O3S. The van der Waals surface area contributed by atoms with Crippen LogP contribution in [0.15, 0.2) is 78.3 Å². The smallest absolute Gasteiger partial charge is 0.263 e. The molecule has 0 amide bonds. The molecule has 0 bridgehead atoms. The van der Waals surface area contributed by atoms with Gasteiger partial charge in [-0.3, -0.25) is 9.40 Å². The SMILES string of the molecule is C[C@@H](n1cc2cc(NS(=O)(=O)c3cccc(Cl)c3Cl)ccc2n1)[C@](O)(Cn1cncn1)c1ccc(F)cc1F. The van der Waals surface area contributed by atoms with Crippen molar-refractivity contribution in [1.82, 2.24) is 24.5 Å². The van der Waals surface area contributed by atoms with E-state index in [0.29, 0.717) is 17.0 Å².